The molecule has 196 valence electrons. The third-order valence-electron chi connectivity index (χ3n) is 7.49. The summed E-state index contributed by atoms with van der Waals surface area (Å²) in [5, 5.41) is 24.9. The van der Waals surface area contributed by atoms with E-state index in [1.165, 1.54) is 12.1 Å². The summed E-state index contributed by atoms with van der Waals surface area (Å²) in [5.74, 6) is 0.428. The average molecular weight is 525 g/mol. The minimum Gasteiger partial charge on any atom is -0.367 e. The molecule has 0 aliphatic heterocycles. The van der Waals surface area contributed by atoms with E-state index in [1.54, 1.807) is 18.3 Å². The number of hydrogen-bond donors (Lipinski definition) is 2. The number of pyridine rings is 1. The van der Waals surface area contributed by atoms with Gasteiger partial charge < -0.3 is 5.32 Å². The Morgan fingerprint density at radius 1 is 0.800 bits per heavy atom. The van der Waals surface area contributed by atoms with Crippen molar-refractivity contribution in [3.63, 3.8) is 0 Å². The van der Waals surface area contributed by atoms with Crippen molar-refractivity contribution in [1.82, 2.24) is 4.98 Å². The lowest BCUT2D eigenvalue weighted by molar-refractivity contribution is -0.384. The van der Waals surface area contributed by atoms with Crippen molar-refractivity contribution in [3.8, 4) is 0 Å². The van der Waals surface area contributed by atoms with Crippen LogP contribution in [0.3, 0.4) is 0 Å². The average Bonchev–Trinajstić information content (AvgIpc) is 3.87. The summed E-state index contributed by atoms with van der Waals surface area (Å²) in [4.78, 5) is 15.9. The van der Waals surface area contributed by atoms with Crippen LogP contribution >= 0.6 is 0 Å². The van der Waals surface area contributed by atoms with Gasteiger partial charge in [-0.3, -0.25) is 20.5 Å². The summed E-state index contributed by atoms with van der Waals surface area (Å²) in [5.41, 5.74) is 5.04. The van der Waals surface area contributed by atoms with Crippen molar-refractivity contribution in [2.24, 2.45) is 0 Å². The van der Waals surface area contributed by atoms with Gasteiger partial charge in [-0.15, -0.1) is 0 Å². The molecule has 0 radical (unpaired) electrons. The van der Waals surface area contributed by atoms with Crippen LogP contribution in [0.25, 0.3) is 0 Å². The van der Waals surface area contributed by atoms with Crippen molar-refractivity contribution in [2.45, 2.75) is 24.3 Å². The predicted octanol–water partition coefficient (Wildman–Crippen LogP) is 7.69. The molecule has 1 aromatic heterocycles. The van der Waals surface area contributed by atoms with Gasteiger partial charge in [-0.1, -0.05) is 91.0 Å². The second kappa shape index (κ2) is 10.6. The monoisotopic (exact) mass is 524 g/mol. The molecule has 0 bridgehead atoms. The minimum atomic E-state index is -0.841. The molecule has 6 nitrogen and oxygen atoms in total. The number of aromatic nitrogens is 1. The Kier molecular flexibility index (Phi) is 6.66. The van der Waals surface area contributed by atoms with Crippen LogP contribution in [0.2, 0.25) is 0 Å². The van der Waals surface area contributed by atoms with Gasteiger partial charge in [0, 0.05) is 46.8 Å². The van der Waals surface area contributed by atoms with Crippen LogP contribution in [0.4, 0.5) is 11.4 Å². The molecule has 2 N–H and O–H groups in total. The van der Waals surface area contributed by atoms with Gasteiger partial charge >= 0.3 is 0 Å². The number of hydrogen-bond acceptors (Lipinski definition) is 5. The Hall–Kier alpha value is -5.10. The third-order valence-corrected chi connectivity index (χ3v) is 7.49. The van der Waals surface area contributed by atoms with E-state index in [2.05, 4.69) is 46.7 Å². The van der Waals surface area contributed by atoms with Crippen LogP contribution in [-0.2, 0) is 5.54 Å². The molecule has 0 saturated heterocycles. The smallest absolute Gasteiger partial charge is 0.270 e. The molecule has 5 aromatic rings. The number of nitro benzene ring substituents is 1. The molecule has 6 heteroatoms. The van der Waals surface area contributed by atoms with Gasteiger partial charge in [-0.05, 0) is 47.7 Å². The SMILES string of the molecule is N=C(c1ccnc(C2CC2)c1)c1cc([N+](=O)[O-])ccc1NC(c1ccccc1)(c1ccccc1)c1ccccc1. The standard InChI is InChI=1S/C34H28N4O2/c35-33(25-20-21-36-32(22-25)24-16-17-24)30-23-29(38(39)40)18-19-31(30)37-34(26-10-4-1-5-11-26,27-12-6-2-7-13-27)28-14-8-3-9-15-28/h1-15,18-24,35,37H,16-17H2. The lowest BCUT2D eigenvalue weighted by Crippen LogP contribution is -2.38. The largest absolute Gasteiger partial charge is 0.367 e. The quantitative estimate of drug-likeness (QED) is 0.0895. The topological polar surface area (TPSA) is 91.9 Å². The van der Waals surface area contributed by atoms with Crippen LogP contribution < -0.4 is 5.32 Å². The first-order valence-electron chi connectivity index (χ1n) is 13.3. The molecule has 1 heterocycles. The van der Waals surface area contributed by atoms with Crippen LogP contribution in [0.1, 0.15) is 52.3 Å². The van der Waals surface area contributed by atoms with E-state index in [-0.39, 0.29) is 11.4 Å². The highest BCUT2D eigenvalue weighted by Crippen LogP contribution is 2.42. The number of nitrogens with zero attached hydrogens (tertiary/aromatic N) is 2. The van der Waals surface area contributed by atoms with Gasteiger partial charge in [0.05, 0.1) is 10.6 Å². The molecule has 40 heavy (non-hydrogen) atoms. The predicted molar refractivity (Wildman–Crippen MR) is 158 cm³/mol. The summed E-state index contributed by atoms with van der Waals surface area (Å²) in [6.45, 7) is 0. The summed E-state index contributed by atoms with van der Waals surface area (Å²) < 4.78 is 0. The van der Waals surface area contributed by atoms with E-state index in [0.29, 0.717) is 22.7 Å². The van der Waals surface area contributed by atoms with E-state index in [1.807, 2.05) is 60.7 Å². The fraction of sp³-hybridized carbons (Fsp3) is 0.118. The van der Waals surface area contributed by atoms with Gasteiger partial charge in [-0.2, -0.15) is 0 Å². The maximum atomic E-state index is 11.8. The second-order valence-corrected chi connectivity index (χ2v) is 10.1. The number of rotatable bonds is 9. The lowest BCUT2D eigenvalue weighted by atomic mass is 9.76. The highest BCUT2D eigenvalue weighted by molar-refractivity contribution is 6.14. The van der Waals surface area contributed by atoms with Crippen molar-refractivity contribution < 1.29 is 4.92 Å². The molecule has 0 atom stereocenters. The third kappa shape index (κ3) is 4.76. The maximum absolute atomic E-state index is 11.8. The van der Waals surface area contributed by atoms with Crippen molar-refractivity contribution >= 4 is 17.1 Å². The van der Waals surface area contributed by atoms with E-state index >= 15 is 0 Å². The zero-order chi connectivity index (χ0) is 27.5. The first-order valence-corrected chi connectivity index (χ1v) is 13.3. The molecular formula is C34H28N4O2. The fourth-order valence-electron chi connectivity index (χ4n) is 5.31. The highest BCUT2D eigenvalue weighted by Gasteiger charge is 2.37. The van der Waals surface area contributed by atoms with Crippen LogP contribution in [0, 0.1) is 15.5 Å². The number of nitrogens with one attached hydrogen (secondary N) is 2. The molecule has 6 rings (SSSR count). The molecule has 1 aliphatic rings. The van der Waals surface area contributed by atoms with Gasteiger partial charge in [0.1, 0.15) is 5.54 Å². The van der Waals surface area contributed by atoms with Gasteiger partial charge in [0.2, 0.25) is 0 Å². The molecule has 1 saturated carbocycles. The number of anilines is 1. The zero-order valence-electron chi connectivity index (χ0n) is 21.8. The molecule has 0 amide bonds. The Morgan fingerprint density at radius 3 is 1.85 bits per heavy atom. The fourth-order valence-corrected chi connectivity index (χ4v) is 5.31. The van der Waals surface area contributed by atoms with Crippen LogP contribution in [0.5, 0.6) is 0 Å². The Balaban J connectivity index is 1.56. The number of nitro groups is 1. The minimum absolute atomic E-state index is 0.0634. The molecular weight excluding hydrogens is 496 g/mol. The van der Waals surface area contributed by atoms with Crippen molar-refractivity contribution in [1.29, 1.82) is 5.41 Å². The zero-order valence-corrected chi connectivity index (χ0v) is 21.8. The number of non-ortho nitro benzene ring substituents is 1. The van der Waals surface area contributed by atoms with E-state index in [4.69, 9.17) is 0 Å². The van der Waals surface area contributed by atoms with Crippen LogP contribution in [0.15, 0.2) is 128 Å². The molecule has 1 aliphatic carbocycles. The summed E-state index contributed by atoms with van der Waals surface area (Å²) in [6, 6.07) is 38.9. The first-order chi connectivity index (χ1) is 19.6. The van der Waals surface area contributed by atoms with E-state index in [9.17, 15) is 15.5 Å². The Morgan fingerprint density at radius 2 is 1.35 bits per heavy atom. The summed E-state index contributed by atoms with van der Waals surface area (Å²) in [6.07, 6.45) is 3.92. The van der Waals surface area contributed by atoms with Crippen LogP contribution in [-0.4, -0.2) is 15.6 Å². The summed E-state index contributed by atoms with van der Waals surface area (Å²) >= 11 is 0. The highest BCUT2D eigenvalue weighted by atomic mass is 16.6. The van der Waals surface area contributed by atoms with Gasteiger partial charge in [0.25, 0.3) is 5.69 Å². The van der Waals surface area contributed by atoms with Crippen molar-refractivity contribution in [2.75, 3.05) is 5.32 Å². The summed E-state index contributed by atoms with van der Waals surface area (Å²) in [7, 11) is 0. The molecule has 0 spiro atoms. The van der Waals surface area contributed by atoms with Crippen molar-refractivity contribution in [3.05, 3.63) is 171 Å². The molecule has 0 unspecified atom stereocenters. The van der Waals surface area contributed by atoms with E-state index in [0.717, 1.165) is 35.2 Å². The maximum Gasteiger partial charge on any atom is 0.270 e. The second-order valence-electron chi connectivity index (χ2n) is 10.1. The first kappa shape index (κ1) is 25.2. The molecule has 4 aromatic carbocycles. The van der Waals surface area contributed by atoms with Gasteiger partial charge in [0.15, 0.2) is 0 Å². The van der Waals surface area contributed by atoms with E-state index < -0.39 is 10.5 Å². The van der Waals surface area contributed by atoms with Gasteiger partial charge in [-0.25, -0.2) is 0 Å². The Labute approximate surface area is 233 Å². The Bertz CT molecular complexity index is 1570. The number of benzene rings is 4. The molecule has 1 fully saturated rings. The lowest BCUT2D eigenvalue weighted by Gasteiger charge is -2.38. The normalized spacial score (nSPS) is 13.0.